The Labute approximate surface area is 139 Å². The van der Waals surface area contributed by atoms with Gasteiger partial charge in [-0.15, -0.1) is 10.2 Å². The van der Waals surface area contributed by atoms with Crippen LogP contribution in [0.4, 0.5) is 9.52 Å². The van der Waals surface area contributed by atoms with Crippen LogP contribution in [0.1, 0.15) is 21.7 Å². The van der Waals surface area contributed by atoms with E-state index in [0.29, 0.717) is 22.2 Å². The lowest BCUT2D eigenvalue weighted by Crippen LogP contribution is -2.11. The van der Waals surface area contributed by atoms with Gasteiger partial charge in [0.15, 0.2) is 4.34 Å². The molecule has 8 heteroatoms. The van der Waals surface area contributed by atoms with E-state index in [1.807, 2.05) is 0 Å². The summed E-state index contributed by atoms with van der Waals surface area (Å²) in [7, 11) is 0. The largest absolute Gasteiger partial charge is 0.469 e. The molecule has 0 saturated heterocycles. The number of halogens is 1. The first kappa shape index (κ1) is 15.7. The fourth-order valence-corrected chi connectivity index (χ4v) is 3.53. The minimum atomic E-state index is -0.275. The monoisotopic (exact) mass is 349 g/mol. The highest BCUT2D eigenvalue weighted by atomic mass is 32.2. The van der Waals surface area contributed by atoms with Crippen LogP contribution in [-0.2, 0) is 5.75 Å². The molecule has 1 aromatic carbocycles. The van der Waals surface area contributed by atoms with Crippen LogP contribution in [0.3, 0.4) is 0 Å². The van der Waals surface area contributed by atoms with Gasteiger partial charge in [-0.3, -0.25) is 10.1 Å². The maximum Gasteiger partial charge on any atom is 0.261 e. The first-order chi connectivity index (χ1) is 11.1. The molecule has 2 aromatic heterocycles. The number of benzene rings is 1. The molecule has 0 radical (unpaired) electrons. The zero-order chi connectivity index (χ0) is 16.2. The molecule has 3 rings (SSSR count). The highest BCUT2D eigenvalue weighted by Gasteiger charge is 2.14. The van der Waals surface area contributed by atoms with E-state index in [2.05, 4.69) is 15.5 Å². The van der Waals surface area contributed by atoms with Gasteiger partial charge in [-0.25, -0.2) is 4.39 Å². The lowest BCUT2D eigenvalue weighted by atomic mass is 10.2. The summed E-state index contributed by atoms with van der Waals surface area (Å²) in [6, 6.07) is 7.92. The van der Waals surface area contributed by atoms with Crippen LogP contribution in [0, 0.1) is 12.7 Å². The van der Waals surface area contributed by atoms with Crippen molar-refractivity contribution in [3.8, 4) is 0 Å². The fraction of sp³-hybridized carbons (Fsp3) is 0.133. The molecular formula is C15H12FN3O2S2. The van der Waals surface area contributed by atoms with Crippen molar-refractivity contribution in [3.05, 3.63) is 59.3 Å². The molecule has 5 nitrogen and oxygen atoms in total. The summed E-state index contributed by atoms with van der Waals surface area (Å²) in [6.45, 7) is 1.72. The molecule has 0 fully saturated rings. The van der Waals surface area contributed by atoms with E-state index in [0.717, 1.165) is 9.90 Å². The molecule has 2 heterocycles. The maximum absolute atomic E-state index is 12.8. The van der Waals surface area contributed by atoms with Crippen LogP contribution in [-0.4, -0.2) is 16.1 Å². The molecule has 0 bridgehead atoms. The second kappa shape index (κ2) is 6.93. The van der Waals surface area contributed by atoms with E-state index in [-0.39, 0.29) is 11.7 Å². The maximum atomic E-state index is 12.8. The van der Waals surface area contributed by atoms with Crippen LogP contribution in [0.15, 0.2) is 45.4 Å². The third-order valence-electron chi connectivity index (χ3n) is 3.01. The lowest BCUT2D eigenvalue weighted by Gasteiger charge is -1.99. The van der Waals surface area contributed by atoms with Crippen molar-refractivity contribution in [1.82, 2.24) is 10.2 Å². The molecule has 1 N–H and O–H groups in total. The van der Waals surface area contributed by atoms with Crippen molar-refractivity contribution in [3.63, 3.8) is 0 Å². The van der Waals surface area contributed by atoms with Crippen LogP contribution in [0.2, 0.25) is 0 Å². The number of thioether (sulfide) groups is 1. The number of carbonyl (C=O) groups is 1. The number of aryl methyl sites for hydroxylation is 1. The van der Waals surface area contributed by atoms with Gasteiger partial charge in [0, 0.05) is 5.75 Å². The molecule has 0 saturated carbocycles. The van der Waals surface area contributed by atoms with Crippen molar-refractivity contribution in [2.24, 2.45) is 0 Å². The van der Waals surface area contributed by atoms with E-state index in [1.54, 1.807) is 25.1 Å². The minimum absolute atomic E-state index is 0.255. The highest BCUT2D eigenvalue weighted by molar-refractivity contribution is 8.00. The number of rotatable bonds is 5. The number of anilines is 1. The van der Waals surface area contributed by atoms with E-state index in [4.69, 9.17) is 4.42 Å². The van der Waals surface area contributed by atoms with Crippen LogP contribution in [0.25, 0.3) is 0 Å². The Morgan fingerprint density at radius 2 is 2.09 bits per heavy atom. The van der Waals surface area contributed by atoms with Crippen molar-refractivity contribution in [2.75, 3.05) is 5.32 Å². The van der Waals surface area contributed by atoms with E-state index < -0.39 is 0 Å². The van der Waals surface area contributed by atoms with E-state index in [1.165, 1.54) is 41.5 Å². The Morgan fingerprint density at radius 3 is 2.78 bits per heavy atom. The van der Waals surface area contributed by atoms with Gasteiger partial charge >= 0.3 is 0 Å². The smallest absolute Gasteiger partial charge is 0.261 e. The average Bonchev–Trinajstić information content (AvgIpc) is 3.15. The second-order valence-electron chi connectivity index (χ2n) is 4.63. The van der Waals surface area contributed by atoms with Crippen molar-refractivity contribution in [2.45, 2.75) is 17.0 Å². The van der Waals surface area contributed by atoms with Crippen LogP contribution < -0.4 is 5.32 Å². The minimum Gasteiger partial charge on any atom is -0.469 e. The number of furan rings is 1. The number of aromatic nitrogens is 2. The van der Waals surface area contributed by atoms with Gasteiger partial charge in [0.2, 0.25) is 5.13 Å². The average molecular weight is 349 g/mol. The van der Waals surface area contributed by atoms with Gasteiger partial charge in [-0.05, 0) is 30.7 Å². The molecule has 0 atom stereocenters. The van der Waals surface area contributed by atoms with Crippen LogP contribution >= 0.6 is 23.1 Å². The number of carbonyl (C=O) groups excluding carboxylic acids is 1. The zero-order valence-electron chi connectivity index (χ0n) is 12.1. The summed E-state index contributed by atoms with van der Waals surface area (Å²) in [5.41, 5.74) is 1.46. The normalized spacial score (nSPS) is 10.7. The van der Waals surface area contributed by atoms with Gasteiger partial charge < -0.3 is 4.42 Å². The molecule has 0 spiro atoms. The number of hydrogen-bond acceptors (Lipinski definition) is 6. The molecule has 118 valence electrons. The number of hydrogen-bond donors (Lipinski definition) is 1. The van der Waals surface area contributed by atoms with Gasteiger partial charge in [0.25, 0.3) is 5.91 Å². The molecule has 1 amide bonds. The van der Waals surface area contributed by atoms with Crippen molar-refractivity contribution >= 4 is 34.1 Å². The van der Waals surface area contributed by atoms with Crippen LogP contribution in [0.5, 0.6) is 0 Å². The quantitative estimate of drug-likeness (QED) is 0.554. The first-order valence-electron chi connectivity index (χ1n) is 6.68. The van der Waals surface area contributed by atoms with Crippen molar-refractivity contribution in [1.29, 1.82) is 0 Å². The summed E-state index contributed by atoms with van der Waals surface area (Å²) in [6.07, 6.45) is 1.47. The van der Waals surface area contributed by atoms with Gasteiger partial charge in [-0.1, -0.05) is 35.2 Å². The standard InChI is InChI=1S/C15H12FN3O2S2/c1-9-12(6-7-21-9)13(20)17-14-18-19-15(23-14)22-8-10-2-4-11(16)5-3-10/h2-7H,8H2,1H3,(H,17,18,20). The van der Waals surface area contributed by atoms with Crippen molar-refractivity contribution < 1.29 is 13.6 Å². The van der Waals surface area contributed by atoms with E-state index >= 15 is 0 Å². The zero-order valence-corrected chi connectivity index (χ0v) is 13.7. The number of nitrogens with one attached hydrogen (secondary N) is 1. The Bertz CT molecular complexity index is 814. The number of amides is 1. The predicted octanol–water partition coefficient (Wildman–Crippen LogP) is 4.12. The predicted molar refractivity (Wildman–Crippen MR) is 87.3 cm³/mol. The molecule has 0 aliphatic rings. The highest BCUT2D eigenvalue weighted by Crippen LogP contribution is 2.28. The molecule has 23 heavy (non-hydrogen) atoms. The second-order valence-corrected chi connectivity index (χ2v) is 6.83. The third kappa shape index (κ3) is 3.96. The summed E-state index contributed by atoms with van der Waals surface area (Å²) in [5.74, 6) is 0.679. The Balaban J connectivity index is 1.58. The summed E-state index contributed by atoms with van der Waals surface area (Å²) >= 11 is 2.77. The Morgan fingerprint density at radius 1 is 1.30 bits per heavy atom. The SMILES string of the molecule is Cc1occc1C(=O)Nc1nnc(SCc2ccc(F)cc2)s1. The topological polar surface area (TPSA) is 68.0 Å². The summed E-state index contributed by atoms with van der Waals surface area (Å²) in [4.78, 5) is 12.0. The lowest BCUT2D eigenvalue weighted by molar-refractivity contribution is 0.102. The molecule has 0 aliphatic carbocycles. The summed E-state index contributed by atoms with van der Waals surface area (Å²) < 4.78 is 18.7. The summed E-state index contributed by atoms with van der Waals surface area (Å²) in [5, 5.41) is 11.1. The Hall–Kier alpha value is -2.19. The molecular weight excluding hydrogens is 337 g/mol. The van der Waals surface area contributed by atoms with E-state index in [9.17, 15) is 9.18 Å². The number of nitrogens with zero attached hydrogens (tertiary/aromatic N) is 2. The molecule has 0 aliphatic heterocycles. The Kier molecular flexibility index (Phi) is 4.73. The third-order valence-corrected chi connectivity index (χ3v) is 5.05. The van der Waals surface area contributed by atoms with Gasteiger partial charge in [0.05, 0.1) is 11.8 Å². The molecule has 0 unspecified atom stereocenters. The first-order valence-corrected chi connectivity index (χ1v) is 8.48. The fourth-order valence-electron chi connectivity index (χ4n) is 1.83. The van der Waals surface area contributed by atoms with Gasteiger partial charge in [0.1, 0.15) is 11.6 Å². The molecule has 3 aromatic rings. The van der Waals surface area contributed by atoms with Gasteiger partial charge in [-0.2, -0.15) is 0 Å².